The van der Waals surface area contributed by atoms with Gasteiger partial charge in [0.2, 0.25) is 0 Å². The molecule has 2 rings (SSSR count). The second-order valence-corrected chi connectivity index (χ2v) is 5.17. The molecule has 2 N–H and O–H groups in total. The van der Waals surface area contributed by atoms with Gasteiger partial charge in [-0.05, 0) is 36.4 Å². The van der Waals surface area contributed by atoms with Crippen molar-refractivity contribution in [1.29, 1.82) is 0 Å². The van der Waals surface area contributed by atoms with Crippen molar-refractivity contribution in [2.45, 2.75) is 9.79 Å². The van der Waals surface area contributed by atoms with Crippen LogP contribution in [0.1, 0.15) is 5.56 Å². The van der Waals surface area contributed by atoms with E-state index in [0.717, 1.165) is 16.5 Å². The monoisotopic (exact) mass is 295 g/mol. The summed E-state index contributed by atoms with van der Waals surface area (Å²) in [5.41, 5.74) is 2.37. The molecule has 21 heavy (non-hydrogen) atoms. The maximum absolute atomic E-state index is 10.8. The number of amides is 1. The number of carbonyl (C=O) groups is 1. The average Bonchev–Trinajstić information content (AvgIpc) is 2.52. The van der Waals surface area contributed by atoms with Gasteiger partial charge in [0.05, 0.1) is 0 Å². The molecule has 0 aliphatic rings. The lowest BCUT2D eigenvalue weighted by Crippen LogP contribution is -2.14. The quantitative estimate of drug-likeness (QED) is 0.395. The first-order valence-corrected chi connectivity index (χ1v) is 7.05. The first kappa shape index (κ1) is 14.9. The highest BCUT2D eigenvalue weighted by Crippen LogP contribution is 2.27. The van der Waals surface area contributed by atoms with Gasteiger partial charge in [-0.1, -0.05) is 47.9 Å². The van der Waals surface area contributed by atoms with Crippen molar-refractivity contribution in [2.24, 2.45) is 0 Å². The minimum Gasteiger partial charge on any atom is -0.288 e. The fourth-order valence-electron chi connectivity index (χ4n) is 1.54. The van der Waals surface area contributed by atoms with Gasteiger partial charge in [0, 0.05) is 21.4 Å². The fraction of sp³-hybridized carbons (Fsp3) is 0. The second kappa shape index (κ2) is 7.95. The van der Waals surface area contributed by atoms with Crippen LogP contribution in [0.2, 0.25) is 0 Å². The summed E-state index contributed by atoms with van der Waals surface area (Å²) in [7, 11) is 0. The van der Waals surface area contributed by atoms with Crippen LogP contribution in [0, 0.1) is 11.8 Å². The number of nitrogens with one attached hydrogen (secondary N) is 1. The van der Waals surface area contributed by atoms with Gasteiger partial charge >= 0.3 is 0 Å². The standard InChI is InChI=1S/C17H13NO2S/c19-17(18-20)12-5-4-7-14-8-6-11-16(13-14)21-15-9-2-1-3-10-15/h1-3,5-6,8-13,20H,(H,18,19)/b12-5+. The third-order valence-electron chi connectivity index (χ3n) is 2.46. The maximum atomic E-state index is 10.8. The summed E-state index contributed by atoms with van der Waals surface area (Å²) in [6.07, 6.45) is 2.55. The molecule has 0 saturated carbocycles. The molecule has 0 atom stereocenters. The van der Waals surface area contributed by atoms with Crippen LogP contribution in [0.3, 0.4) is 0 Å². The smallest absolute Gasteiger partial charge is 0.267 e. The SMILES string of the molecule is O=C(/C=C/C#Cc1cccc(Sc2ccccc2)c1)NO. The Morgan fingerprint density at radius 2 is 1.86 bits per heavy atom. The predicted molar refractivity (Wildman–Crippen MR) is 83.0 cm³/mol. The zero-order valence-electron chi connectivity index (χ0n) is 11.1. The van der Waals surface area contributed by atoms with Gasteiger partial charge in [-0.25, -0.2) is 5.48 Å². The van der Waals surface area contributed by atoms with Crippen LogP contribution in [-0.4, -0.2) is 11.1 Å². The van der Waals surface area contributed by atoms with Crippen LogP contribution in [0.4, 0.5) is 0 Å². The molecular formula is C17H13NO2S. The molecule has 2 aromatic rings. The summed E-state index contributed by atoms with van der Waals surface area (Å²) < 4.78 is 0. The summed E-state index contributed by atoms with van der Waals surface area (Å²) in [5.74, 6) is 5.09. The molecule has 0 aliphatic heterocycles. The van der Waals surface area contributed by atoms with E-state index in [1.165, 1.54) is 16.5 Å². The lowest BCUT2D eigenvalue weighted by atomic mass is 10.2. The van der Waals surface area contributed by atoms with Gasteiger partial charge < -0.3 is 0 Å². The second-order valence-electron chi connectivity index (χ2n) is 4.02. The van der Waals surface area contributed by atoms with E-state index in [4.69, 9.17) is 5.21 Å². The Morgan fingerprint density at radius 3 is 2.62 bits per heavy atom. The van der Waals surface area contributed by atoms with E-state index in [1.54, 1.807) is 11.8 Å². The van der Waals surface area contributed by atoms with E-state index >= 15 is 0 Å². The third-order valence-corrected chi connectivity index (χ3v) is 3.46. The Morgan fingerprint density at radius 1 is 1.10 bits per heavy atom. The summed E-state index contributed by atoms with van der Waals surface area (Å²) in [4.78, 5) is 13.0. The van der Waals surface area contributed by atoms with E-state index in [1.807, 2.05) is 42.5 Å². The number of benzene rings is 2. The molecule has 2 aromatic carbocycles. The molecule has 0 aliphatic carbocycles. The molecule has 0 spiro atoms. The number of carbonyl (C=O) groups excluding carboxylic acids is 1. The largest absolute Gasteiger partial charge is 0.288 e. The van der Waals surface area contributed by atoms with Crippen LogP contribution in [0.15, 0.2) is 76.5 Å². The molecule has 0 saturated heterocycles. The lowest BCUT2D eigenvalue weighted by molar-refractivity contribution is -0.124. The highest BCUT2D eigenvalue weighted by molar-refractivity contribution is 7.99. The van der Waals surface area contributed by atoms with Crippen LogP contribution in [-0.2, 0) is 4.79 Å². The summed E-state index contributed by atoms with van der Waals surface area (Å²) >= 11 is 1.67. The molecule has 3 nitrogen and oxygen atoms in total. The molecule has 0 fully saturated rings. The van der Waals surface area contributed by atoms with E-state index in [9.17, 15) is 4.79 Å². The Balaban J connectivity index is 2.06. The third kappa shape index (κ3) is 5.19. The van der Waals surface area contributed by atoms with Crippen molar-refractivity contribution < 1.29 is 10.0 Å². The first-order valence-electron chi connectivity index (χ1n) is 6.23. The van der Waals surface area contributed by atoms with Crippen molar-refractivity contribution in [3.63, 3.8) is 0 Å². The van der Waals surface area contributed by atoms with Crippen molar-refractivity contribution >= 4 is 17.7 Å². The normalized spacial score (nSPS) is 9.95. The van der Waals surface area contributed by atoms with E-state index in [2.05, 4.69) is 24.0 Å². The number of allylic oxidation sites excluding steroid dienone is 1. The predicted octanol–water partition coefficient (Wildman–Crippen LogP) is 3.25. The van der Waals surface area contributed by atoms with Gasteiger partial charge in [-0.15, -0.1) is 0 Å². The van der Waals surface area contributed by atoms with Gasteiger partial charge in [0.15, 0.2) is 0 Å². The van der Waals surface area contributed by atoms with Gasteiger partial charge in [-0.2, -0.15) is 0 Å². The highest BCUT2D eigenvalue weighted by atomic mass is 32.2. The van der Waals surface area contributed by atoms with Crippen molar-refractivity contribution in [1.82, 2.24) is 5.48 Å². The van der Waals surface area contributed by atoms with Crippen LogP contribution in [0.5, 0.6) is 0 Å². The Labute approximate surface area is 127 Å². The molecule has 0 radical (unpaired) electrons. The maximum Gasteiger partial charge on any atom is 0.267 e. The van der Waals surface area contributed by atoms with Gasteiger partial charge in [0.25, 0.3) is 5.91 Å². The van der Waals surface area contributed by atoms with E-state index in [0.29, 0.717) is 0 Å². The molecule has 0 heterocycles. The minimum atomic E-state index is -0.599. The molecule has 104 valence electrons. The zero-order valence-corrected chi connectivity index (χ0v) is 11.9. The molecule has 0 bridgehead atoms. The Hall–Kier alpha value is -2.48. The number of rotatable bonds is 3. The molecular weight excluding hydrogens is 282 g/mol. The lowest BCUT2D eigenvalue weighted by Gasteiger charge is -2.01. The van der Waals surface area contributed by atoms with Gasteiger partial charge in [0.1, 0.15) is 0 Å². The Bertz CT molecular complexity index is 699. The molecule has 0 unspecified atom stereocenters. The number of hydrogen-bond donors (Lipinski definition) is 2. The van der Waals surface area contributed by atoms with E-state index < -0.39 is 5.91 Å². The van der Waals surface area contributed by atoms with Crippen molar-refractivity contribution in [3.05, 3.63) is 72.3 Å². The number of hydroxylamine groups is 1. The molecule has 0 aromatic heterocycles. The average molecular weight is 295 g/mol. The van der Waals surface area contributed by atoms with Gasteiger partial charge in [-0.3, -0.25) is 10.0 Å². The zero-order chi connectivity index (χ0) is 14.9. The van der Waals surface area contributed by atoms with Crippen LogP contribution in [0.25, 0.3) is 0 Å². The van der Waals surface area contributed by atoms with Crippen molar-refractivity contribution in [2.75, 3.05) is 0 Å². The van der Waals surface area contributed by atoms with E-state index in [-0.39, 0.29) is 0 Å². The highest BCUT2D eigenvalue weighted by Gasteiger charge is 1.97. The summed E-state index contributed by atoms with van der Waals surface area (Å²) in [5, 5.41) is 8.33. The van der Waals surface area contributed by atoms with Crippen LogP contribution < -0.4 is 5.48 Å². The minimum absolute atomic E-state index is 0.599. The van der Waals surface area contributed by atoms with Crippen LogP contribution >= 0.6 is 11.8 Å². The first-order chi connectivity index (χ1) is 10.3. The van der Waals surface area contributed by atoms with Crippen molar-refractivity contribution in [3.8, 4) is 11.8 Å². The topological polar surface area (TPSA) is 49.3 Å². The fourth-order valence-corrected chi connectivity index (χ4v) is 2.44. The Kier molecular flexibility index (Phi) is 5.65. The summed E-state index contributed by atoms with van der Waals surface area (Å²) in [6.45, 7) is 0. The molecule has 4 heteroatoms. The molecule has 1 amide bonds. The number of hydrogen-bond acceptors (Lipinski definition) is 3. The summed E-state index contributed by atoms with van der Waals surface area (Å²) in [6, 6.07) is 18.0.